The molecule has 0 aromatic heterocycles. The van der Waals surface area contributed by atoms with Crippen LogP contribution in [0.5, 0.6) is 0 Å². The van der Waals surface area contributed by atoms with Gasteiger partial charge in [-0.25, -0.2) is 0 Å². The Hall–Kier alpha value is -0.160. The van der Waals surface area contributed by atoms with E-state index < -0.39 is 0 Å². The van der Waals surface area contributed by atoms with Gasteiger partial charge in [-0.2, -0.15) is 0 Å². The standard InChI is InChI=1S/C16H33N3O/c1-15(2)12-16(13-17,7-10-20-15)19-8-5-14(6-9-19)11-18(3)4/h14H,5-13,17H2,1-4H3. The molecule has 2 fully saturated rings. The maximum atomic E-state index is 6.20. The number of rotatable bonds is 4. The van der Waals surface area contributed by atoms with Crippen LogP contribution in [0.25, 0.3) is 0 Å². The van der Waals surface area contributed by atoms with E-state index in [1.54, 1.807) is 0 Å². The molecule has 0 amide bonds. The van der Waals surface area contributed by atoms with Gasteiger partial charge in [-0.15, -0.1) is 0 Å². The molecule has 0 aliphatic carbocycles. The molecule has 0 radical (unpaired) electrons. The third-order valence-corrected chi connectivity index (χ3v) is 5.10. The molecule has 2 N–H and O–H groups in total. The number of ether oxygens (including phenoxy) is 1. The number of hydrogen-bond acceptors (Lipinski definition) is 4. The maximum absolute atomic E-state index is 6.20. The molecule has 4 heteroatoms. The van der Waals surface area contributed by atoms with Gasteiger partial charge < -0.3 is 15.4 Å². The summed E-state index contributed by atoms with van der Waals surface area (Å²) in [5.74, 6) is 0.851. The minimum Gasteiger partial charge on any atom is -0.375 e. The summed E-state index contributed by atoms with van der Waals surface area (Å²) in [7, 11) is 4.35. The Labute approximate surface area is 124 Å². The van der Waals surface area contributed by atoms with Crippen LogP contribution in [0.1, 0.15) is 39.5 Å². The van der Waals surface area contributed by atoms with Gasteiger partial charge in [0.2, 0.25) is 0 Å². The fourth-order valence-electron chi connectivity index (χ4n) is 4.13. The van der Waals surface area contributed by atoms with E-state index >= 15 is 0 Å². The smallest absolute Gasteiger partial charge is 0.0644 e. The molecule has 2 saturated heterocycles. The van der Waals surface area contributed by atoms with Gasteiger partial charge in [0, 0.05) is 25.2 Å². The summed E-state index contributed by atoms with van der Waals surface area (Å²) >= 11 is 0. The fraction of sp³-hybridized carbons (Fsp3) is 1.00. The molecule has 2 aliphatic heterocycles. The van der Waals surface area contributed by atoms with E-state index in [1.165, 1.54) is 32.5 Å². The Balaban J connectivity index is 1.96. The van der Waals surface area contributed by atoms with Crippen molar-refractivity contribution in [2.45, 2.75) is 50.7 Å². The first-order valence-electron chi connectivity index (χ1n) is 8.11. The second-order valence-electron chi connectivity index (χ2n) is 7.66. The zero-order valence-corrected chi connectivity index (χ0v) is 13.8. The summed E-state index contributed by atoms with van der Waals surface area (Å²) in [6.45, 7) is 9.64. The molecule has 0 spiro atoms. The van der Waals surface area contributed by atoms with Crippen LogP contribution in [-0.2, 0) is 4.74 Å². The van der Waals surface area contributed by atoms with E-state index in [9.17, 15) is 0 Å². The van der Waals surface area contributed by atoms with Crippen molar-refractivity contribution < 1.29 is 4.74 Å². The number of likely N-dealkylation sites (tertiary alicyclic amines) is 1. The maximum Gasteiger partial charge on any atom is 0.0644 e. The minimum atomic E-state index is -0.0297. The fourth-order valence-corrected chi connectivity index (χ4v) is 4.13. The molecule has 4 nitrogen and oxygen atoms in total. The van der Waals surface area contributed by atoms with Crippen LogP contribution in [0, 0.1) is 5.92 Å². The van der Waals surface area contributed by atoms with Crippen molar-refractivity contribution in [1.82, 2.24) is 9.80 Å². The van der Waals surface area contributed by atoms with E-state index in [0.717, 1.165) is 31.9 Å². The third kappa shape index (κ3) is 3.73. The van der Waals surface area contributed by atoms with Gasteiger partial charge in [0.1, 0.15) is 0 Å². The van der Waals surface area contributed by atoms with Crippen LogP contribution >= 0.6 is 0 Å². The molecule has 0 bridgehead atoms. The lowest BCUT2D eigenvalue weighted by Crippen LogP contribution is -2.62. The SMILES string of the molecule is CN(C)CC1CCN(C2(CN)CCOC(C)(C)C2)CC1. The predicted molar refractivity (Wildman–Crippen MR) is 83.9 cm³/mol. The van der Waals surface area contributed by atoms with Crippen molar-refractivity contribution in [3.63, 3.8) is 0 Å². The van der Waals surface area contributed by atoms with E-state index in [1.807, 2.05) is 0 Å². The highest BCUT2D eigenvalue weighted by molar-refractivity contribution is 5.00. The lowest BCUT2D eigenvalue weighted by Gasteiger charge is -2.52. The highest BCUT2D eigenvalue weighted by atomic mass is 16.5. The largest absolute Gasteiger partial charge is 0.375 e. The summed E-state index contributed by atoms with van der Waals surface area (Å²) in [5, 5.41) is 0. The summed E-state index contributed by atoms with van der Waals surface area (Å²) in [5.41, 5.74) is 6.34. The average Bonchev–Trinajstić information content (AvgIpc) is 2.37. The molecule has 2 heterocycles. The number of nitrogens with zero attached hydrogens (tertiary/aromatic N) is 2. The Kier molecular flexibility index (Phi) is 5.11. The highest BCUT2D eigenvalue weighted by Gasteiger charge is 2.44. The average molecular weight is 283 g/mol. The predicted octanol–water partition coefficient (Wildman–Crippen LogP) is 1.55. The van der Waals surface area contributed by atoms with E-state index in [2.05, 4.69) is 37.7 Å². The van der Waals surface area contributed by atoms with Crippen LogP contribution < -0.4 is 5.73 Å². The number of hydrogen-bond donors (Lipinski definition) is 1. The molecule has 2 aliphatic rings. The summed E-state index contributed by atoms with van der Waals surface area (Å²) in [4.78, 5) is 4.99. The Morgan fingerprint density at radius 1 is 1.25 bits per heavy atom. The van der Waals surface area contributed by atoms with E-state index in [0.29, 0.717) is 0 Å². The Bertz CT molecular complexity index is 311. The zero-order valence-electron chi connectivity index (χ0n) is 13.8. The van der Waals surface area contributed by atoms with Crippen LogP contribution in [-0.4, -0.2) is 67.8 Å². The topological polar surface area (TPSA) is 41.7 Å². The van der Waals surface area contributed by atoms with Crippen LogP contribution in [0.15, 0.2) is 0 Å². The van der Waals surface area contributed by atoms with Crippen LogP contribution in [0.2, 0.25) is 0 Å². The molecule has 20 heavy (non-hydrogen) atoms. The lowest BCUT2D eigenvalue weighted by atomic mass is 9.78. The van der Waals surface area contributed by atoms with Gasteiger partial charge in [-0.1, -0.05) is 0 Å². The normalized spacial score (nSPS) is 32.7. The van der Waals surface area contributed by atoms with E-state index in [-0.39, 0.29) is 11.1 Å². The van der Waals surface area contributed by atoms with Crippen molar-refractivity contribution in [3.05, 3.63) is 0 Å². The number of piperidine rings is 1. The van der Waals surface area contributed by atoms with Crippen molar-refractivity contribution in [2.24, 2.45) is 11.7 Å². The van der Waals surface area contributed by atoms with Crippen LogP contribution in [0.4, 0.5) is 0 Å². The Morgan fingerprint density at radius 3 is 2.40 bits per heavy atom. The first-order valence-corrected chi connectivity index (χ1v) is 8.11. The second-order valence-corrected chi connectivity index (χ2v) is 7.66. The lowest BCUT2D eigenvalue weighted by molar-refractivity contribution is -0.123. The van der Waals surface area contributed by atoms with Gasteiger partial charge >= 0.3 is 0 Å². The molecule has 118 valence electrons. The van der Waals surface area contributed by atoms with Gasteiger partial charge in [-0.3, -0.25) is 4.90 Å². The van der Waals surface area contributed by atoms with Gasteiger partial charge in [0.05, 0.1) is 5.60 Å². The monoisotopic (exact) mass is 283 g/mol. The molecule has 2 rings (SSSR count). The molecule has 0 saturated carbocycles. The second kappa shape index (κ2) is 6.30. The first kappa shape index (κ1) is 16.2. The molecule has 0 aromatic rings. The molecular weight excluding hydrogens is 250 g/mol. The zero-order chi connectivity index (χ0) is 14.8. The van der Waals surface area contributed by atoms with Crippen LogP contribution in [0.3, 0.4) is 0 Å². The molecule has 0 aromatic carbocycles. The van der Waals surface area contributed by atoms with Crippen molar-refractivity contribution in [2.75, 3.05) is 46.9 Å². The number of nitrogens with two attached hydrogens (primary N) is 1. The summed E-state index contributed by atoms with van der Waals surface area (Å²) in [6, 6.07) is 0. The quantitative estimate of drug-likeness (QED) is 0.850. The van der Waals surface area contributed by atoms with Crippen molar-refractivity contribution in [3.8, 4) is 0 Å². The van der Waals surface area contributed by atoms with Gasteiger partial charge in [0.15, 0.2) is 0 Å². The Morgan fingerprint density at radius 2 is 1.90 bits per heavy atom. The van der Waals surface area contributed by atoms with E-state index in [4.69, 9.17) is 10.5 Å². The van der Waals surface area contributed by atoms with Gasteiger partial charge in [-0.05, 0) is 72.6 Å². The van der Waals surface area contributed by atoms with Crippen molar-refractivity contribution >= 4 is 0 Å². The summed E-state index contributed by atoms with van der Waals surface area (Å²) in [6.07, 6.45) is 4.77. The highest BCUT2D eigenvalue weighted by Crippen LogP contribution is 2.37. The molecule has 1 atom stereocenters. The summed E-state index contributed by atoms with van der Waals surface area (Å²) < 4.78 is 5.90. The van der Waals surface area contributed by atoms with Gasteiger partial charge in [0.25, 0.3) is 0 Å². The minimum absolute atomic E-state index is 0.0297. The third-order valence-electron chi connectivity index (χ3n) is 5.10. The van der Waals surface area contributed by atoms with Crippen molar-refractivity contribution in [1.29, 1.82) is 0 Å². The molecule has 1 unspecified atom stereocenters. The first-order chi connectivity index (χ1) is 9.37. The molecular formula is C16H33N3O.